The fourth-order valence-corrected chi connectivity index (χ4v) is 1.93. The zero-order valence-corrected chi connectivity index (χ0v) is 13.1. The summed E-state index contributed by atoms with van der Waals surface area (Å²) >= 11 is 0. The van der Waals surface area contributed by atoms with Crippen LogP contribution in [0.25, 0.3) is 0 Å². The average molecular weight is 303 g/mol. The van der Waals surface area contributed by atoms with Crippen molar-refractivity contribution in [2.45, 2.75) is 46.3 Å². The largest absolute Gasteiger partial charge is 0.491 e. The molecule has 1 rings (SSSR count). The van der Waals surface area contributed by atoms with Crippen LogP contribution in [0.2, 0.25) is 0 Å². The molecule has 1 unspecified atom stereocenters. The fraction of sp³-hybridized carbons (Fsp3) is 0.625. The predicted octanol–water partition coefficient (Wildman–Crippen LogP) is 4.50. The third kappa shape index (κ3) is 5.58. The molecule has 120 valence electrons. The van der Waals surface area contributed by atoms with Gasteiger partial charge in [0.1, 0.15) is 12.4 Å². The van der Waals surface area contributed by atoms with Crippen LogP contribution in [0.15, 0.2) is 24.3 Å². The van der Waals surface area contributed by atoms with Crippen LogP contribution >= 0.6 is 0 Å². The summed E-state index contributed by atoms with van der Waals surface area (Å²) in [5.41, 5.74) is -0.823. The van der Waals surface area contributed by atoms with Gasteiger partial charge >= 0.3 is 6.18 Å². The second kappa shape index (κ2) is 7.16. The first-order valence-electron chi connectivity index (χ1n) is 7.18. The molecule has 1 atom stereocenters. The van der Waals surface area contributed by atoms with Gasteiger partial charge in [-0.15, -0.1) is 0 Å². The maximum absolute atomic E-state index is 12.9. The van der Waals surface area contributed by atoms with E-state index >= 15 is 0 Å². The summed E-state index contributed by atoms with van der Waals surface area (Å²) < 4.78 is 44.2. The zero-order chi connectivity index (χ0) is 16.1. The molecule has 0 fully saturated rings. The molecule has 0 aromatic heterocycles. The second-order valence-electron chi connectivity index (χ2n) is 6.18. The van der Waals surface area contributed by atoms with E-state index in [1.165, 1.54) is 12.1 Å². The first kappa shape index (κ1) is 17.8. The molecule has 0 bridgehead atoms. The first-order chi connectivity index (χ1) is 9.66. The van der Waals surface area contributed by atoms with Crippen LogP contribution in [0.5, 0.6) is 5.75 Å². The summed E-state index contributed by atoms with van der Waals surface area (Å²) in [5.74, 6) is -0.113. The van der Waals surface area contributed by atoms with E-state index in [-0.39, 0.29) is 23.8 Å². The number of rotatable bonds is 6. The molecule has 0 aliphatic carbocycles. The van der Waals surface area contributed by atoms with Crippen LogP contribution in [-0.2, 0) is 6.18 Å². The molecule has 0 radical (unpaired) electrons. The van der Waals surface area contributed by atoms with Crippen LogP contribution in [0.4, 0.5) is 13.2 Å². The SMILES string of the molecule is CCCNC(COc1ccccc1C(F)(F)F)C(C)(C)C. The number of hydrogen-bond acceptors (Lipinski definition) is 2. The number of hydrogen-bond donors (Lipinski definition) is 1. The van der Waals surface area contributed by atoms with E-state index in [4.69, 9.17) is 4.74 Å². The highest BCUT2D eigenvalue weighted by Gasteiger charge is 2.34. The quantitative estimate of drug-likeness (QED) is 0.835. The Bertz CT molecular complexity index is 438. The van der Waals surface area contributed by atoms with Crippen LogP contribution in [-0.4, -0.2) is 19.2 Å². The van der Waals surface area contributed by atoms with E-state index in [1.807, 2.05) is 27.7 Å². The molecule has 0 saturated carbocycles. The molecular formula is C16H24F3NO. The van der Waals surface area contributed by atoms with Gasteiger partial charge in [0.05, 0.1) is 5.56 Å². The average Bonchev–Trinajstić information content (AvgIpc) is 2.36. The van der Waals surface area contributed by atoms with Crippen LogP contribution in [0.3, 0.4) is 0 Å². The van der Waals surface area contributed by atoms with Crippen molar-refractivity contribution in [2.24, 2.45) is 5.41 Å². The Kier molecular flexibility index (Phi) is 6.08. The molecule has 0 aliphatic heterocycles. The van der Waals surface area contributed by atoms with Crippen molar-refractivity contribution < 1.29 is 17.9 Å². The highest BCUT2D eigenvalue weighted by Crippen LogP contribution is 2.36. The maximum atomic E-state index is 12.9. The molecule has 0 amide bonds. The molecule has 0 spiro atoms. The van der Waals surface area contributed by atoms with E-state index in [0.29, 0.717) is 0 Å². The maximum Gasteiger partial charge on any atom is 0.419 e. The minimum atomic E-state index is -4.40. The number of para-hydroxylation sites is 1. The lowest BCUT2D eigenvalue weighted by Crippen LogP contribution is -2.45. The predicted molar refractivity (Wildman–Crippen MR) is 78.5 cm³/mol. The molecule has 1 aromatic rings. The molecule has 5 heteroatoms. The summed E-state index contributed by atoms with van der Waals surface area (Å²) in [5, 5.41) is 3.33. The highest BCUT2D eigenvalue weighted by molar-refractivity contribution is 5.35. The summed E-state index contributed by atoms with van der Waals surface area (Å²) in [6, 6.07) is 5.31. The zero-order valence-electron chi connectivity index (χ0n) is 13.1. The number of benzene rings is 1. The Morgan fingerprint density at radius 2 is 1.76 bits per heavy atom. The third-order valence-corrected chi connectivity index (χ3v) is 3.28. The van der Waals surface area contributed by atoms with Crippen LogP contribution in [0.1, 0.15) is 39.7 Å². The number of nitrogens with one attached hydrogen (secondary N) is 1. The van der Waals surface area contributed by atoms with Crippen molar-refractivity contribution in [3.8, 4) is 5.75 Å². The Hall–Kier alpha value is -1.23. The highest BCUT2D eigenvalue weighted by atomic mass is 19.4. The topological polar surface area (TPSA) is 21.3 Å². The molecule has 0 aliphatic rings. The number of ether oxygens (including phenoxy) is 1. The van der Waals surface area contributed by atoms with Crippen LogP contribution in [0, 0.1) is 5.41 Å². The Morgan fingerprint density at radius 1 is 1.14 bits per heavy atom. The molecule has 0 heterocycles. The van der Waals surface area contributed by atoms with Gasteiger partial charge in [0.2, 0.25) is 0 Å². The second-order valence-corrected chi connectivity index (χ2v) is 6.18. The van der Waals surface area contributed by atoms with Crippen molar-refractivity contribution in [1.29, 1.82) is 0 Å². The number of halogens is 3. The lowest BCUT2D eigenvalue weighted by atomic mass is 9.87. The molecule has 1 N–H and O–H groups in total. The van der Waals surface area contributed by atoms with E-state index < -0.39 is 11.7 Å². The lowest BCUT2D eigenvalue weighted by Gasteiger charge is -2.31. The van der Waals surface area contributed by atoms with Crippen LogP contribution < -0.4 is 10.1 Å². The minimum Gasteiger partial charge on any atom is -0.491 e. The normalized spacial score (nSPS) is 14.0. The van der Waals surface area contributed by atoms with Gasteiger partial charge < -0.3 is 10.1 Å². The van der Waals surface area contributed by atoms with E-state index in [2.05, 4.69) is 5.32 Å². The molecule has 0 saturated heterocycles. The third-order valence-electron chi connectivity index (χ3n) is 3.28. The van der Waals surface area contributed by atoms with Gasteiger partial charge in [-0.2, -0.15) is 13.2 Å². The van der Waals surface area contributed by atoms with Gasteiger partial charge in [-0.05, 0) is 30.5 Å². The molecular weight excluding hydrogens is 279 g/mol. The summed E-state index contributed by atoms with van der Waals surface area (Å²) in [6.45, 7) is 9.19. The fourth-order valence-electron chi connectivity index (χ4n) is 1.93. The van der Waals surface area contributed by atoms with Gasteiger partial charge in [0, 0.05) is 6.04 Å². The molecule has 2 nitrogen and oxygen atoms in total. The lowest BCUT2D eigenvalue weighted by molar-refractivity contribution is -0.139. The monoisotopic (exact) mass is 303 g/mol. The molecule has 1 aromatic carbocycles. The van der Waals surface area contributed by atoms with Crippen molar-refractivity contribution in [3.63, 3.8) is 0 Å². The van der Waals surface area contributed by atoms with Crippen molar-refractivity contribution in [2.75, 3.05) is 13.2 Å². The standard InChI is InChI=1S/C16H24F3NO/c1-5-10-20-14(15(2,3)4)11-21-13-9-7-6-8-12(13)16(17,18)19/h6-9,14,20H,5,10-11H2,1-4H3. The minimum absolute atomic E-state index is 0.0151. The van der Waals surface area contributed by atoms with Crippen molar-refractivity contribution in [3.05, 3.63) is 29.8 Å². The van der Waals surface area contributed by atoms with Gasteiger partial charge in [-0.1, -0.05) is 39.8 Å². The van der Waals surface area contributed by atoms with Gasteiger partial charge in [-0.25, -0.2) is 0 Å². The van der Waals surface area contributed by atoms with Gasteiger partial charge in [-0.3, -0.25) is 0 Å². The Morgan fingerprint density at radius 3 is 2.29 bits per heavy atom. The summed E-state index contributed by atoms with van der Waals surface area (Å²) in [6.07, 6.45) is -3.43. The first-order valence-corrected chi connectivity index (χ1v) is 7.18. The van der Waals surface area contributed by atoms with E-state index in [9.17, 15) is 13.2 Å². The van der Waals surface area contributed by atoms with E-state index in [0.717, 1.165) is 19.0 Å². The Balaban J connectivity index is 2.81. The number of alkyl halides is 3. The summed E-state index contributed by atoms with van der Waals surface area (Å²) in [7, 11) is 0. The summed E-state index contributed by atoms with van der Waals surface area (Å²) in [4.78, 5) is 0. The van der Waals surface area contributed by atoms with Gasteiger partial charge in [0.25, 0.3) is 0 Å². The Labute approximate surface area is 124 Å². The molecule has 21 heavy (non-hydrogen) atoms. The van der Waals surface area contributed by atoms with Crippen molar-refractivity contribution >= 4 is 0 Å². The van der Waals surface area contributed by atoms with Crippen molar-refractivity contribution in [1.82, 2.24) is 5.32 Å². The van der Waals surface area contributed by atoms with E-state index in [1.54, 1.807) is 6.07 Å². The smallest absolute Gasteiger partial charge is 0.419 e. The van der Waals surface area contributed by atoms with Gasteiger partial charge in [0.15, 0.2) is 0 Å².